The molecule has 0 aliphatic heterocycles. The molecule has 0 saturated carbocycles. The highest BCUT2D eigenvalue weighted by atomic mass is 127. The summed E-state index contributed by atoms with van der Waals surface area (Å²) in [5.41, 5.74) is -0.0528. The fourth-order valence-electron chi connectivity index (χ4n) is 0.444. The van der Waals surface area contributed by atoms with Gasteiger partial charge in [0.25, 0.3) is 0 Å². The lowest BCUT2D eigenvalue weighted by Crippen LogP contribution is -2.45. The maximum absolute atomic E-state index is 10.9. The number of nitrogens with one attached hydrogen (secondary N) is 1. The van der Waals surface area contributed by atoms with E-state index < -0.39 is 0 Å². The first kappa shape index (κ1) is 10.9. The van der Waals surface area contributed by atoms with E-state index in [4.69, 9.17) is 0 Å². The van der Waals surface area contributed by atoms with E-state index in [-0.39, 0.29) is 11.4 Å². The van der Waals surface area contributed by atoms with Crippen molar-refractivity contribution < 1.29 is 4.79 Å². The van der Waals surface area contributed by atoms with E-state index >= 15 is 0 Å². The minimum absolute atomic E-state index is 0.0528. The quantitative estimate of drug-likeness (QED) is 0.598. The summed E-state index contributed by atoms with van der Waals surface area (Å²) in [4.78, 5) is 10.9. The molecule has 0 unspecified atom stereocenters. The van der Waals surface area contributed by atoms with Crippen molar-refractivity contribution in [2.45, 2.75) is 19.4 Å². The molecule has 0 rings (SSSR count). The molecule has 0 spiro atoms. The summed E-state index contributed by atoms with van der Waals surface area (Å²) in [5, 5.41) is 2.90. The zero-order valence-electron chi connectivity index (χ0n) is 6.08. The predicted molar refractivity (Wildman–Crippen MR) is 60.0 cm³/mol. The Morgan fingerprint density at radius 3 is 2.30 bits per heavy atom. The third-order valence-corrected chi connectivity index (χ3v) is 3.53. The number of hydrogen-bond acceptors (Lipinski definition) is 1. The molecule has 0 aromatic heterocycles. The molecule has 0 aromatic carbocycles. The van der Waals surface area contributed by atoms with Crippen LogP contribution in [0, 0.1) is 0 Å². The molecule has 60 valence electrons. The second-order valence-corrected chi connectivity index (χ2v) is 4.22. The van der Waals surface area contributed by atoms with Crippen LogP contribution in [0.15, 0.2) is 0 Å². The van der Waals surface area contributed by atoms with Gasteiger partial charge < -0.3 is 5.32 Å². The Kier molecular flexibility index (Phi) is 5.18. The molecule has 0 aromatic rings. The third kappa shape index (κ3) is 4.70. The van der Waals surface area contributed by atoms with Crippen LogP contribution in [0.2, 0.25) is 0 Å². The van der Waals surface area contributed by atoms with E-state index in [1.807, 2.05) is 13.8 Å². The van der Waals surface area contributed by atoms with Crippen LogP contribution >= 0.6 is 45.2 Å². The largest absolute Gasteiger partial charge is 0.350 e. The number of rotatable bonds is 3. The van der Waals surface area contributed by atoms with Gasteiger partial charge in [0.15, 0.2) is 0 Å². The van der Waals surface area contributed by atoms with Crippen molar-refractivity contribution in [1.29, 1.82) is 0 Å². The zero-order valence-corrected chi connectivity index (χ0v) is 10.4. The number of carbonyl (C=O) groups is 1. The molecule has 0 aliphatic carbocycles. The van der Waals surface area contributed by atoms with Crippen molar-refractivity contribution in [3.05, 3.63) is 0 Å². The molecule has 4 heteroatoms. The zero-order chi connectivity index (χ0) is 8.20. The Labute approximate surface area is 88.8 Å². The maximum atomic E-state index is 10.9. The number of hydrogen-bond donors (Lipinski definition) is 1. The van der Waals surface area contributed by atoms with Gasteiger partial charge in [-0.15, -0.1) is 0 Å². The molecule has 0 fully saturated rings. The minimum atomic E-state index is -0.0528. The summed E-state index contributed by atoms with van der Waals surface area (Å²) in [6.45, 7) is 4.04. The molecule has 0 bridgehead atoms. The molecule has 0 heterocycles. The summed E-state index contributed by atoms with van der Waals surface area (Å²) in [7, 11) is 0. The number of alkyl halides is 2. The van der Waals surface area contributed by atoms with Crippen LogP contribution in [0.5, 0.6) is 0 Å². The maximum Gasteiger partial charge on any atom is 0.230 e. The fourth-order valence-corrected chi connectivity index (χ4v) is 0.826. The Hall–Kier alpha value is 0.930. The molecule has 1 N–H and O–H groups in total. The summed E-state index contributed by atoms with van der Waals surface area (Å²) >= 11 is 4.32. The molecule has 10 heavy (non-hydrogen) atoms. The van der Waals surface area contributed by atoms with Gasteiger partial charge in [-0.3, -0.25) is 4.79 Å². The topological polar surface area (TPSA) is 29.1 Å². The van der Waals surface area contributed by atoms with Gasteiger partial charge in [-0.05, 0) is 13.8 Å². The standard InChI is InChI=1S/C6H11I2NO/c1-6(2,4-8)9-5(10)3-7/h3-4H2,1-2H3,(H,9,10). The normalized spacial score (nSPS) is 11.2. The van der Waals surface area contributed by atoms with E-state index in [2.05, 4.69) is 50.5 Å². The first-order chi connectivity index (χ1) is 4.52. The first-order valence-electron chi connectivity index (χ1n) is 2.95. The van der Waals surface area contributed by atoms with Gasteiger partial charge in [-0.25, -0.2) is 0 Å². The molecule has 2 nitrogen and oxygen atoms in total. The van der Waals surface area contributed by atoms with E-state index in [9.17, 15) is 4.79 Å². The van der Waals surface area contributed by atoms with Crippen LogP contribution in [-0.4, -0.2) is 20.3 Å². The first-order valence-corrected chi connectivity index (χ1v) is 6.00. The van der Waals surface area contributed by atoms with Gasteiger partial charge >= 0.3 is 0 Å². The predicted octanol–water partition coefficient (Wildman–Crippen LogP) is 1.75. The Bertz CT molecular complexity index is 125. The summed E-state index contributed by atoms with van der Waals surface area (Å²) in [6, 6.07) is 0. The lowest BCUT2D eigenvalue weighted by atomic mass is 10.1. The summed E-state index contributed by atoms with van der Waals surface area (Å²) in [6.07, 6.45) is 0. The van der Waals surface area contributed by atoms with Crippen LogP contribution < -0.4 is 5.32 Å². The van der Waals surface area contributed by atoms with Crippen molar-refractivity contribution in [3.8, 4) is 0 Å². The molecule has 1 amide bonds. The van der Waals surface area contributed by atoms with Crippen molar-refractivity contribution in [2.24, 2.45) is 0 Å². The van der Waals surface area contributed by atoms with Gasteiger partial charge in [0.05, 0.1) is 4.43 Å². The fraction of sp³-hybridized carbons (Fsp3) is 0.833. The van der Waals surface area contributed by atoms with Crippen LogP contribution in [0.25, 0.3) is 0 Å². The van der Waals surface area contributed by atoms with Gasteiger partial charge in [0.2, 0.25) is 5.91 Å². The molecule has 0 saturated heterocycles. The number of carbonyl (C=O) groups excluding carboxylic acids is 1. The average molecular weight is 367 g/mol. The van der Waals surface area contributed by atoms with Crippen molar-refractivity contribution >= 4 is 51.1 Å². The second kappa shape index (κ2) is 4.74. The van der Waals surface area contributed by atoms with Gasteiger partial charge in [-0.1, -0.05) is 45.2 Å². The van der Waals surface area contributed by atoms with Crippen molar-refractivity contribution in [2.75, 3.05) is 8.86 Å². The SMILES string of the molecule is CC(C)(CI)NC(=O)CI. The highest BCUT2D eigenvalue weighted by Gasteiger charge is 2.17. The second-order valence-electron chi connectivity index (χ2n) is 2.70. The van der Waals surface area contributed by atoms with Crippen molar-refractivity contribution in [3.63, 3.8) is 0 Å². The van der Waals surface area contributed by atoms with E-state index in [1.54, 1.807) is 0 Å². The summed E-state index contributed by atoms with van der Waals surface area (Å²) < 4.78 is 1.48. The number of amides is 1. The Balaban J connectivity index is 3.76. The van der Waals surface area contributed by atoms with E-state index in [0.717, 1.165) is 4.43 Å². The van der Waals surface area contributed by atoms with Crippen LogP contribution in [0.1, 0.15) is 13.8 Å². The van der Waals surface area contributed by atoms with E-state index in [1.165, 1.54) is 0 Å². The van der Waals surface area contributed by atoms with Crippen LogP contribution in [0.3, 0.4) is 0 Å². The smallest absolute Gasteiger partial charge is 0.230 e. The molecular formula is C6H11I2NO. The molecular weight excluding hydrogens is 356 g/mol. The van der Waals surface area contributed by atoms with E-state index in [0.29, 0.717) is 4.43 Å². The van der Waals surface area contributed by atoms with Crippen LogP contribution in [0.4, 0.5) is 0 Å². The minimum Gasteiger partial charge on any atom is -0.350 e. The van der Waals surface area contributed by atoms with Crippen molar-refractivity contribution in [1.82, 2.24) is 5.32 Å². The highest BCUT2D eigenvalue weighted by molar-refractivity contribution is 14.1. The molecule has 0 atom stereocenters. The lowest BCUT2D eigenvalue weighted by molar-refractivity contribution is -0.119. The van der Waals surface area contributed by atoms with Gasteiger partial charge in [-0.2, -0.15) is 0 Å². The summed E-state index contributed by atoms with van der Waals surface area (Å²) in [5.74, 6) is 0.113. The van der Waals surface area contributed by atoms with Gasteiger partial charge in [0.1, 0.15) is 0 Å². The van der Waals surface area contributed by atoms with Crippen LogP contribution in [-0.2, 0) is 4.79 Å². The molecule has 0 radical (unpaired) electrons. The molecule has 0 aliphatic rings. The highest BCUT2D eigenvalue weighted by Crippen LogP contribution is 2.06. The average Bonchev–Trinajstić information content (AvgIpc) is 1.87. The number of halogens is 2. The lowest BCUT2D eigenvalue weighted by Gasteiger charge is -2.22. The Morgan fingerprint density at radius 1 is 1.50 bits per heavy atom. The third-order valence-electron chi connectivity index (χ3n) is 0.933. The van der Waals surface area contributed by atoms with Gasteiger partial charge in [0, 0.05) is 9.97 Å². The Morgan fingerprint density at radius 2 is 2.00 bits per heavy atom. The monoisotopic (exact) mass is 367 g/mol.